The molecule has 0 spiro atoms. The maximum absolute atomic E-state index is 13.6. The number of amides is 1. The fraction of sp³-hybridized carbons (Fsp3) is 0.500. The standard InChI is InChI=1S/C32H34F3N5O4S2/c1-20(32(33,34)35)44-29-25(7-4-14-37-29)30-38-26(23-5-2-3-6-24(23)28(41)39-31(19-36)12-13-31)27(45-30)21-8-10-22(11-9-21)40-15-17-46(42,43)18-16-40/h4,7-11,14,20,23-24H,2-3,5-6,12-13,15-18H2,1H3,(H,39,41)/t20?,23-,24-/m1/s1. The number of nitrogens with zero attached hydrogens (tertiary/aromatic N) is 4. The van der Waals surface area contributed by atoms with E-state index in [1.807, 2.05) is 29.2 Å². The highest BCUT2D eigenvalue weighted by molar-refractivity contribution is 7.91. The number of carbonyl (C=O) groups is 1. The molecule has 2 aliphatic carbocycles. The molecule has 3 aromatic rings. The number of aromatic nitrogens is 2. The number of carbonyl (C=O) groups excluding carboxylic acids is 1. The van der Waals surface area contributed by atoms with Crippen molar-refractivity contribution in [3.8, 4) is 33.0 Å². The molecule has 3 aliphatic rings. The second-order valence-electron chi connectivity index (χ2n) is 12.3. The van der Waals surface area contributed by atoms with Crippen molar-refractivity contribution in [2.75, 3.05) is 29.5 Å². The predicted molar refractivity (Wildman–Crippen MR) is 168 cm³/mol. The first-order valence-corrected chi connectivity index (χ1v) is 18.0. The minimum Gasteiger partial charge on any atom is -0.464 e. The van der Waals surface area contributed by atoms with Crippen LogP contribution in [0.3, 0.4) is 0 Å². The van der Waals surface area contributed by atoms with Gasteiger partial charge in [0.15, 0.2) is 15.9 Å². The van der Waals surface area contributed by atoms with E-state index in [4.69, 9.17) is 9.72 Å². The average molecular weight is 674 g/mol. The number of hydrogen-bond acceptors (Lipinski definition) is 9. The zero-order valence-corrected chi connectivity index (χ0v) is 26.8. The molecule has 244 valence electrons. The van der Waals surface area contributed by atoms with E-state index in [0.717, 1.165) is 35.9 Å². The number of pyridine rings is 1. The first-order chi connectivity index (χ1) is 21.9. The summed E-state index contributed by atoms with van der Waals surface area (Å²) >= 11 is 1.30. The molecule has 3 fully saturated rings. The van der Waals surface area contributed by atoms with E-state index in [1.54, 1.807) is 12.1 Å². The average Bonchev–Trinajstić information content (AvgIpc) is 3.67. The van der Waals surface area contributed by atoms with E-state index in [9.17, 15) is 31.6 Å². The van der Waals surface area contributed by atoms with Crippen LogP contribution >= 0.6 is 11.3 Å². The number of ether oxygens (including phenoxy) is 1. The molecule has 3 heterocycles. The van der Waals surface area contributed by atoms with Gasteiger partial charge in [0.05, 0.1) is 33.7 Å². The van der Waals surface area contributed by atoms with Crippen molar-refractivity contribution in [3.63, 3.8) is 0 Å². The van der Waals surface area contributed by atoms with E-state index in [-0.39, 0.29) is 29.2 Å². The first kappa shape index (κ1) is 32.2. The van der Waals surface area contributed by atoms with Gasteiger partial charge in [0, 0.05) is 36.8 Å². The van der Waals surface area contributed by atoms with Gasteiger partial charge in [-0.15, -0.1) is 11.3 Å². The number of anilines is 1. The molecule has 0 radical (unpaired) electrons. The van der Waals surface area contributed by atoms with E-state index in [2.05, 4.69) is 16.4 Å². The van der Waals surface area contributed by atoms with Gasteiger partial charge in [-0.3, -0.25) is 4.79 Å². The van der Waals surface area contributed by atoms with Crippen LogP contribution in [0.1, 0.15) is 57.1 Å². The van der Waals surface area contributed by atoms with Crippen LogP contribution in [0.25, 0.3) is 21.0 Å². The summed E-state index contributed by atoms with van der Waals surface area (Å²) in [5, 5.41) is 13.0. The van der Waals surface area contributed by atoms with Crippen LogP contribution in [-0.2, 0) is 14.6 Å². The van der Waals surface area contributed by atoms with Gasteiger partial charge in [-0.2, -0.15) is 18.4 Å². The molecule has 1 aromatic carbocycles. The molecule has 2 saturated carbocycles. The second kappa shape index (κ2) is 12.5. The van der Waals surface area contributed by atoms with Gasteiger partial charge in [0.2, 0.25) is 11.8 Å². The van der Waals surface area contributed by atoms with Crippen LogP contribution in [0, 0.1) is 17.2 Å². The number of benzene rings is 1. The van der Waals surface area contributed by atoms with E-state index < -0.39 is 33.6 Å². The smallest absolute Gasteiger partial charge is 0.425 e. The van der Waals surface area contributed by atoms with Crippen molar-refractivity contribution in [3.05, 3.63) is 48.3 Å². The fourth-order valence-electron chi connectivity index (χ4n) is 6.07. The minimum absolute atomic E-state index is 0.0950. The lowest BCUT2D eigenvalue weighted by molar-refractivity contribution is -0.189. The Morgan fingerprint density at radius 1 is 1.15 bits per heavy atom. The van der Waals surface area contributed by atoms with Crippen LogP contribution in [0.15, 0.2) is 42.6 Å². The molecule has 1 N–H and O–H groups in total. The van der Waals surface area contributed by atoms with Crippen LogP contribution in [0.5, 0.6) is 5.88 Å². The molecule has 14 heteroatoms. The number of nitrogens with one attached hydrogen (secondary N) is 1. The Kier molecular flexibility index (Phi) is 8.75. The number of sulfone groups is 1. The molecule has 2 aromatic heterocycles. The Morgan fingerprint density at radius 3 is 2.50 bits per heavy atom. The van der Waals surface area contributed by atoms with Crippen LogP contribution in [0.4, 0.5) is 18.9 Å². The summed E-state index contributed by atoms with van der Waals surface area (Å²) in [5.74, 6) is -0.861. The molecule has 1 saturated heterocycles. The third-order valence-electron chi connectivity index (χ3n) is 9.02. The summed E-state index contributed by atoms with van der Waals surface area (Å²) in [7, 11) is -3.03. The topological polar surface area (TPSA) is 125 Å². The van der Waals surface area contributed by atoms with Gasteiger partial charge >= 0.3 is 6.18 Å². The van der Waals surface area contributed by atoms with E-state index in [0.29, 0.717) is 55.0 Å². The van der Waals surface area contributed by atoms with Crippen molar-refractivity contribution in [2.24, 2.45) is 5.92 Å². The lowest BCUT2D eigenvalue weighted by Gasteiger charge is -2.31. The molecular formula is C32H34F3N5O4S2. The highest BCUT2D eigenvalue weighted by atomic mass is 32.2. The summed E-state index contributed by atoms with van der Waals surface area (Å²) in [5.41, 5.74) is 1.89. The summed E-state index contributed by atoms with van der Waals surface area (Å²) in [4.78, 5) is 25.5. The normalized spacial score (nSPS) is 22.8. The van der Waals surface area contributed by atoms with Crippen LogP contribution in [0.2, 0.25) is 0 Å². The minimum atomic E-state index is -4.58. The number of hydrogen-bond donors (Lipinski definition) is 1. The largest absolute Gasteiger partial charge is 0.464 e. The van der Waals surface area contributed by atoms with E-state index >= 15 is 0 Å². The molecule has 1 aliphatic heterocycles. The molecular weight excluding hydrogens is 640 g/mol. The number of nitriles is 1. The van der Waals surface area contributed by atoms with Crippen molar-refractivity contribution in [1.29, 1.82) is 5.26 Å². The third kappa shape index (κ3) is 6.85. The highest BCUT2D eigenvalue weighted by Crippen LogP contribution is 2.47. The Hall–Kier alpha value is -3.70. The molecule has 1 unspecified atom stereocenters. The molecule has 46 heavy (non-hydrogen) atoms. The van der Waals surface area contributed by atoms with E-state index in [1.165, 1.54) is 17.5 Å². The zero-order chi connectivity index (χ0) is 32.7. The molecule has 0 bridgehead atoms. The lowest BCUT2D eigenvalue weighted by atomic mass is 9.76. The predicted octanol–water partition coefficient (Wildman–Crippen LogP) is 5.88. The zero-order valence-electron chi connectivity index (χ0n) is 25.2. The number of halogens is 3. The Morgan fingerprint density at radius 2 is 1.85 bits per heavy atom. The molecule has 3 atom stereocenters. The Labute approximate surface area is 269 Å². The van der Waals surface area contributed by atoms with Gasteiger partial charge in [-0.05, 0) is 62.4 Å². The van der Waals surface area contributed by atoms with Gasteiger partial charge < -0.3 is 15.0 Å². The highest BCUT2D eigenvalue weighted by Gasteiger charge is 2.47. The quantitative estimate of drug-likeness (QED) is 0.314. The first-order valence-electron chi connectivity index (χ1n) is 15.4. The second-order valence-corrected chi connectivity index (χ2v) is 15.6. The van der Waals surface area contributed by atoms with Crippen molar-refractivity contribution < 1.29 is 31.1 Å². The van der Waals surface area contributed by atoms with Crippen molar-refractivity contribution in [2.45, 2.75) is 69.2 Å². The third-order valence-corrected chi connectivity index (χ3v) is 11.8. The number of thiazole rings is 1. The Balaban J connectivity index is 1.38. The van der Waals surface area contributed by atoms with Crippen LogP contribution < -0.4 is 15.0 Å². The summed E-state index contributed by atoms with van der Waals surface area (Å²) < 4.78 is 69.4. The van der Waals surface area contributed by atoms with Gasteiger partial charge in [-0.25, -0.2) is 18.4 Å². The monoisotopic (exact) mass is 673 g/mol. The molecule has 9 nitrogen and oxygen atoms in total. The maximum Gasteiger partial charge on any atom is 0.425 e. The maximum atomic E-state index is 13.6. The SMILES string of the molecule is CC(Oc1ncccc1-c1nc([C@@H]2CCCC[C@H]2C(=O)NC2(C#N)CC2)c(-c2ccc(N3CCS(=O)(=O)CC3)cc2)s1)C(F)(F)F. The van der Waals surface area contributed by atoms with Crippen molar-refractivity contribution in [1.82, 2.24) is 15.3 Å². The van der Waals surface area contributed by atoms with Gasteiger partial charge in [0.25, 0.3) is 0 Å². The van der Waals surface area contributed by atoms with Gasteiger partial charge in [0.1, 0.15) is 10.5 Å². The van der Waals surface area contributed by atoms with Gasteiger partial charge in [-0.1, -0.05) is 25.0 Å². The number of rotatable bonds is 8. The Bertz CT molecular complexity index is 1740. The molecule has 1 amide bonds. The summed E-state index contributed by atoms with van der Waals surface area (Å²) in [6.45, 7) is 1.73. The summed E-state index contributed by atoms with van der Waals surface area (Å²) in [6, 6.07) is 13.2. The van der Waals surface area contributed by atoms with Crippen LogP contribution in [-0.4, -0.2) is 66.7 Å². The fourth-order valence-corrected chi connectivity index (χ4v) is 8.43. The summed E-state index contributed by atoms with van der Waals surface area (Å²) in [6.07, 6.45) is -1.00. The molecule has 6 rings (SSSR count). The number of alkyl halides is 3. The van der Waals surface area contributed by atoms with Crippen molar-refractivity contribution >= 4 is 32.8 Å². The lowest BCUT2D eigenvalue weighted by Crippen LogP contribution is -2.42.